The molecular weight excluding hydrogens is 218 g/mol. The first-order chi connectivity index (χ1) is 8.49. The largest absolute Gasteiger partial charge is 0.314 e. The van der Waals surface area contributed by atoms with Crippen LogP contribution in [0.1, 0.15) is 57.6 Å². The Bertz CT molecular complexity index is 312. The Hall–Kier alpha value is -0.820. The van der Waals surface area contributed by atoms with Crippen LogP contribution in [0.3, 0.4) is 0 Å². The summed E-state index contributed by atoms with van der Waals surface area (Å²) in [7, 11) is 0. The molecule has 1 aromatic rings. The van der Waals surface area contributed by atoms with Crippen LogP contribution in [0.5, 0.6) is 0 Å². The molecule has 1 rings (SSSR count). The first-order valence-electron chi connectivity index (χ1n) is 7.29. The smallest absolute Gasteiger partial charge is 0.00225 e. The number of aryl methyl sites for hydroxylation is 1. The van der Waals surface area contributed by atoms with E-state index < -0.39 is 0 Å². The zero-order valence-electron chi connectivity index (χ0n) is 12.7. The van der Waals surface area contributed by atoms with Gasteiger partial charge in [-0.2, -0.15) is 0 Å². The Balaban J connectivity index is 2.66. The molecule has 0 fully saturated rings. The quantitative estimate of drug-likeness (QED) is 0.747. The van der Waals surface area contributed by atoms with E-state index >= 15 is 0 Å². The van der Waals surface area contributed by atoms with Crippen molar-refractivity contribution < 1.29 is 0 Å². The number of hydrogen-bond donors (Lipinski definition) is 1. The third-order valence-electron chi connectivity index (χ3n) is 3.41. The van der Waals surface area contributed by atoms with Gasteiger partial charge in [0.15, 0.2) is 0 Å². The predicted molar refractivity (Wildman–Crippen MR) is 81.1 cm³/mol. The Labute approximate surface area is 113 Å². The van der Waals surface area contributed by atoms with Crippen LogP contribution in [0.4, 0.5) is 0 Å². The maximum absolute atomic E-state index is 3.58. The van der Waals surface area contributed by atoms with Crippen molar-refractivity contribution in [3.63, 3.8) is 0 Å². The van der Waals surface area contributed by atoms with Gasteiger partial charge in [-0.15, -0.1) is 0 Å². The van der Waals surface area contributed by atoms with E-state index in [1.54, 1.807) is 0 Å². The van der Waals surface area contributed by atoms with Crippen LogP contribution in [0.2, 0.25) is 0 Å². The maximum Gasteiger partial charge on any atom is 0.00225 e. The highest BCUT2D eigenvalue weighted by Crippen LogP contribution is 2.23. The summed E-state index contributed by atoms with van der Waals surface area (Å²) in [4.78, 5) is 0. The molecule has 0 aliphatic carbocycles. The van der Waals surface area contributed by atoms with E-state index in [1.165, 1.54) is 24.0 Å². The summed E-state index contributed by atoms with van der Waals surface area (Å²) in [5, 5.41) is 3.58. The Morgan fingerprint density at radius 3 is 2.06 bits per heavy atom. The third-order valence-corrected chi connectivity index (χ3v) is 3.41. The molecule has 1 aromatic carbocycles. The summed E-state index contributed by atoms with van der Waals surface area (Å²) in [6, 6.07) is 9.61. The monoisotopic (exact) mass is 247 g/mol. The molecule has 1 nitrogen and oxygen atoms in total. The molecule has 0 saturated carbocycles. The van der Waals surface area contributed by atoms with Crippen molar-refractivity contribution in [2.24, 2.45) is 5.92 Å². The standard InChI is InChI=1S/C17H29N/c1-13(2)6-9-17(12-18-14(3)4)16-10-7-15(5)8-11-16/h7-8,10-11,13-14,17-18H,6,9,12H2,1-5H3. The molecule has 0 radical (unpaired) electrons. The molecule has 1 unspecified atom stereocenters. The van der Waals surface area contributed by atoms with Crippen molar-refractivity contribution in [3.05, 3.63) is 35.4 Å². The van der Waals surface area contributed by atoms with Crippen LogP contribution in [0.25, 0.3) is 0 Å². The van der Waals surface area contributed by atoms with E-state index in [1.807, 2.05) is 0 Å². The molecule has 0 heterocycles. The number of rotatable bonds is 7. The van der Waals surface area contributed by atoms with Gasteiger partial charge in [0.1, 0.15) is 0 Å². The molecule has 0 aliphatic heterocycles. The van der Waals surface area contributed by atoms with E-state index in [9.17, 15) is 0 Å². The fraction of sp³-hybridized carbons (Fsp3) is 0.647. The lowest BCUT2D eigenvalue weighted by molar-refractivity contribution is 0.459. The van der Waals surface area contributed by atoms with Gasteiger partial charge in [-0.25, -0.2) is 0 Å². The van der Waals surface area contributed by atoms with Crippen molar-refractivity contribution in [1.82, 2.24) is 5.32 Å². The highest BCUT2D eigenvalue weighted by atomic mass is 14.9. The Morgan fingerprint density at radius 2 is 1.56 bits per heavy atom. The average molecular weight is 247 g/mol. The van der Waals surface area contributed by atoms with Gasteiger partial charge in [-0.05, 0) is 30.7 Å². The van der Waals surface area contributed by atoms with E-state index in [4.69, 9.17) is 0 Å². The highest BCUT2D eigenvalue weighted by molar-refractivity contribution is 5.24. The molecule has 0 spiro atoms. The van der Waals surface area contributed by atoms with Gasteiger partial charge < -0.3 is 5.32 Å². The first-order valence-corrected chi connectivity index (χ1v) is 7.29. The molecule has 0 aliphatic rings. The first kappa shape index (κ1) is 15.2. The van der Waals surface area contributed by atoms with Gasteiger partial charge in [-0.3, -0.25) is 0 Å². The lowest BCUT2D eigenvalue weighted by Gasteiger charge is -2.21. The van der Waals surface area contributed by atoms with E-state index in [0.717, 1.165) is 12.5 Å². The summed E-state index contributed by atoms with van der Waals surface area (Å²) in [6.45, 7) is 12.3. The normalized spacial score (nSPS) is 13.3. The molecule has 0 saturated heterocycles. The van der Waals surface area contributed by atoms with E-state index in [-0.39, 0.29) is 0 Å². The lowest BCUT2D eigenvalue weighted by Crippen LogP contribution is -2.28. The molecule has 0 aromatic heterocycles. The summed E-state index contributed by atoms with van der Waals surface area (Å²) >= 11 is 0. The van der Waals surface area contributed by atoms with Crippen LogP contribution >= 0.6 is 0 Å². The molecule has 18 heavy (non-hydrogen) atoms. The second kappa shape index (κ2) is 7.58. The van der Waals surface area contributed by atoms with Crippen LogP contribution in [0.15, 0.2) is 24.3 Å². The molecule has 1 heteroatoms. The minimum Gasteiger partial charge on any atom is -0.314 e. The highest BCUT2D eigenvalue weighted by Gasteiger charge is 2.12. The summed E-state index contributed by atoms with van der Waals surface area (Å²) in [5.74, 6) is 1.44. The molecule has 1 N–H and O–H groups in total. The molecular formula is C17H29N. The summed E-state index contributed by atoms with van der Waals surface area (Å²) in [5.41, 5.74) is 2.83. The van der Waals surface area contributed by atoms with Gasteiger partial charge >= 0.3 is 0 Å². The summed E-state index contributed by atoms with van der Waals surface area (Å²) < 4.78 is 0. The van der Waals surface area contributed by atoms with Gasteiger partial charge in [-0.1, -0.05) is 63.9 Å². The van der Waals surface area contributed by atoms with E-state index in [2.05, 4.69) is 64.2 Å². The van der Waals surface area contributed by atoms with Gasteiger partial charge in [0.05, 0.1) is 0 Å². The predicted octanol–water partition coefficient (Wildman–Crippen LogP) is 4.51. The minimum atomic E-state index is 0.567. The zero-order valence-corrected chi connectivity index (χ0v) is 12.7. The number of benzene rings is 1. The van der Waals surface area contributed by atoms with Crippen molar-refractivity contribution >= 4 is 0 Å². The molecule has 0 amide bonds. The fourth-order valence-electron chi connectivity index (χ4n) is 2.14. The second-order valence-corrected chi connectivity index (χ2v) is 6.14. The second-order valence-electron chi connectivity index (χ2n) is 6.14. The minimum absolute atomic E-state index is 0.567. The van der Waals surface area contributed by atoms with Crippen molar-refractivity contribution in [1.29, 1.82) is 0 Å². The van der Waals surface area contributed by atoms with Gasteiger partial charge in [0, 0.05) is 12.6 Å². The van der Waals surface area contributed by atoms with Crippen molar-refractivity contribution in [2.75, 3.05) is 6.54 Å². The maximum atomic E-state index is 3.58. The van der Waals surface area contributed by atoms with Crippen molar-refractivity contribution in [3.8, 4) is 0 Å². The van der Waals surface area contributed by atoms with Crippen LogP contribution in [-0.4, -0.2) is 12.6 Å². The van der Waals surface area contributed by atoms with Crippen LogP contribution < -0.4 is 5.32 Å². The van der Waals surface area contributed by atoms with Crippen LogP contribution in [0, 0.1) is 12.8 Å². The van der Waals surface area contributed by atoms with Gasteiger partial charge in [0.2, 0.25) is 0 Å². The Morgan fingerprint density at radius 1 is 0.944 bits per heavy atom. The zero-order chi connectivity index (χ0) is 13.5. The summed E-state index contributed by atoms with van der Waals surface area (Å²) in [6.07, 6.45) is 2.58. The molecule has 102 valence electrons. The molecule has 0 bridgehead atoms. The third kappa shape index (κ3) is 5.68. The lowest BCUT2D eigenvalue weighted by atomic mass is 9.90. The Kier molecular flexibility index (Phi) is 6.42. The van der Waals surface area contributed by atoms with Crippen molar-refractivity contribution in [2.45, 2.75) is 59.4 Å². The van der Waals surface area contributed by atoms with E-state index in [0.29, 0.717) is 12.0 Å². The fourth-order valence-corrected chi connectivity index (χ4v) is 2.14. The number of nitrogens with one attached hydrogen (secondary N) is 1. The van der Waals surface area contributed by atoms with Crippen LogP contribution in [-0.2, 0) is 0 Å². The topological polar surface area (TPSA) is 12.0 Å². The molecule has 1 atom stereocenters. The average Bonchev–Trinajstić information content (AvgIpc) is 2.30. The SMILES string of the molecule is Cc1ccc(C(CCC(C)C)CNC(C)C)cc1. The number of hydrogen-bond acceptors (Lipinski definition) is 1. The van der Waals surface area contributed by atoms with Gasteiger partial charge in [0.25, 0.3) is 0 Å².